The number of amides is 1. The first-order chi connectivity index (χ1) is 15.2. The van der Waals surface area contributed by atoms with E-state index in [0.717, 1.165) is 5.69 Å². The van der Waals surface area contributed by atoms with Gasteiger partial charge in [0.1, 0.15) is 35.8 Å². The fourth-order valence-electron chi connectivity index (χ4n) is 2.77. The molecule has 2 aromatic carbocycles. The van der Waals surface area contributed by atoms with E-state index in [4.69, 9.17) is 9.47 Å². The maximum atomic E-state index is 12.2. The molecule has 0 spiro atoms. The molecular weight excluding hydrogens is 396 g/mol. The summed E-state index contributed by atoms with van der Waals surface area (Å²) < 4.78 is 12.4. The van der Waals surface area contributed by atoms with Crippen LogP contribution in [0.1, 0.15) is 0 Å². The summed E-state index contributed by atoms with van der Waals surface area (Å²) in [6, 6.07) is 16.2. The quantitative estimate of drug-likeness (QED) is 0.454. The third kappa shape index (κ3) is 5.36. The van der Waals surface area contributed by atoms with E-state index in [0.29, 0.717) is 28.8 Å². The number of ether oxygens (including phenoxy) is 2. The first-order valence-electron chi connectivity index (χ1n) is 9.44. The Hall–Kier alpha value is -4.40. The number of carbonyl (C=O) groups is 1. The number of nitrogens with one attached hydrogen (secondary N) is 2. The zero-order chi connectivity index (χ0) is 21.5. The second kappa shape index (κ2) is 9.40. The Morgan fingerprint density at radius 2 is 1.84 bits per heavy atom. The van der Waals surface area contributed by atoms with Gasteiger partial charge in [-0.15, -0.1) is 0 Å². The van der Waals surface area contributed by atoms with Crippen molar-refractivity contribution >= 4 is 23.1 Å². The molecule has 4 aromatic rings. The number of carbonyl (C=O) groups excluding carboxylic acids is 1. The highest BCUT2D eigenvalue weighted by Crippen LogP contribution is 2.20. The highest BCUT2D eigenvalue weighted by molar-refractivity contribution is 5.92. The van der Waals surface area contributed by atoms with Crippen LogP contribution < -0.4 is 20.1 Å². The summed E-state index contributed by atoms with van der Waals surface area (Å²) in [5.41, 5.74) is 1.48. The monoisotopic (exact) mass is 416 g/mol. The van der Waals surface area contributed by atoms with E-state index in [1.807, 2.05) is 30.5 Å². The minimum atomic E-state index is -0.260. The largest absolute Gasteiger partial charge is 0.497 e. The van der Waals surface area contributed by atoms with Crippen molar-refractivity contribution in [3.63, 3.8) is 0 Å². The van der Waals surface area contributed by atoms with Gasteiger partial charge in [0.05, 0.1) is 7.11 Å². The molecule has 0 aliphatic heterocycles. The predicted octanol–water partition coefficient (Wildman–Crippen LogP) is 3.43. The van der Waals surface area contributed by atoms with Gasteiger partial charge < -0.3 is 20.1 Å². The van der Waals surface area contributed by atoms with Crippen molar-refractivity contribution in [2.45, 2.75) is 0 Å². The standard InChI is InChI=1S/C22H20N6O3/c1-30-18-3-2-4-19(11-18)31-13-22(29)27-17-7-5-16(6-8-17)26-20-12-21(25-14-24-20)28-10-9-23-15-28/h2-12,14-15H,13H2,1H3,(H,27,29)(H,24,25,26). The van der Waals surface area contributed by atoms with Crippen molar-refractivity contribution < 1.29 is 14.3 Å². The molecule has 2 aromatic heterocycles. The average Bonchev–Trinajstić information content (AvgIpc) is 3.35. The second-order valence-corrected chi connectivity index (χ2v) is 6.45. The molecule has 31 heavy (non-hydrogen) atoms. The summed E-state index contributed by atoms with van der Waals surface area (Å²) in [5, 5.41) is 6.01. The predicted molar refractivity (Wildman–Crippen MR) is 116 cm³/mol. The summed E-state index contributed by atoms with van der Waals surface area (Å²) in [6.45, 7) is -0.106. The molecule has 0 saturated heterocycles. The maximum Gasteiger partial charge on any atom is 0.262 e. The van der Waals surface area contributed by atoms with Gasteiger partial charge in [0.15, 0.2) is 6.61 Å². The average molecular weight is 416 g/mol. The van der Waals surface area contributed by atoms with E-state index in [2.05, 4.69) is 25.6 Å². The topological polar surface area (TPSA) is 103 Å². The Bertz CT molecular complexity index is 1150. The van der Waals surface area contributed by atoms with Crippen LogP contribution in [0.4, 0.5) is 17.2 Å². The van der Waals surface area contributed by atoms with E-state index < -0.39 is 0 Å². The van der Waals surface area contributed by atoms with Gasteiger partial charge in [-0.25, -0.2) is 15.0 Å². The van der Waals surface area contributed by atoms with Crippen LogP contribution in [-0.4, -0.2) is 39.1 Å². The molecule has 156 valence electrons. The number of nitrogens with zero attached hydrogens (tertiary/aromatic N) is 4. The first-order valence-corrected chi connectivity index (χ1v) is 9.44. The van der Waals surface area contributed by atoms with Crippen LogP contribution in [0.15, 0.2) is 79.6 Å². The van der Waals surface area contributed by atoms with Crippen LogP contribution in [0, 0.1) is 0 Å². The number of anilines is 3. The molecule has 9 heteroatoms. The third-order valence-electron chi connectivity index (χ3n) is 4.27. The van der Waals surface area contributed by atoms with Gasteiger partial charge in [0, 0.05) is 35.9 Å². The van der Waals surface area contributed by atoms with E-state index in [1.54, 1.807) is 54.5 Å². The molecule has 0 unspecified atom stereocenters. The summed E-state index contributed by atoms with van der Waals surface area (Å²) in [5.74, 6) is 2.32. The van der Waals surface area contributed by atoms with Gasteiger partial charge in [0.2, 0.25) is 0 Å². The van der Waals surface area contributed by atoms with Crippen LogP contribution >= 0.6 is 0 Å². The van der Waals surface area contributed by atoms with Crippen molar-refractivity contribution in [2.24, 2.45) is 0 Å². The number of aromatic nitrogens is 4. The molecule has 0 aliphatic carbocycles. The molecule has 4 rings (SSSR count). The summed E-state index contributed by atoms with van der Waals surface area (Å²) >= 11 is 0. The minimum Gasteiger partial charge on any atom is -0.497 e. The van der Waals surface area contributed by atoms with Crippen molar-refractivity contribution in [1.82, 2.24) is 19.5 Å². The number of rotatable bonds is 8. The van der Waals surface area contributed by atoms with Crippen LogP contribution in [0.2, 0.25) is 0 Å². The lowest BCUT2D eigenvalue weighted by atomic mass is 10.2. The second-order valence-electron chi connectivity index (χ2n) is 6.45. The summed E-state index contributed by atoms with van der Waals surface area (Å²) in [6.07, 6.45) is 6.64. The van der Waals surface area contributed by atoms with Gasteiger partial charge in [-0.2, -0.15) is 0 Å². The van der Waals surface area contributed by atoms with Crippen LogP contribution in [-0.2, 0) is 4.79 Å². The van der Waals surface area contributed by atoms with Crippen LogP contribution in [0.3, 0.4) is 0 Å². The Kier molecular flexibility index (Phi) is 6.03. The SMILES string of the molecule is COc1cccc(OCC(=O)Nc2ccc(Nc3cc(-n4ccnc4)ncn3)cc2)c1. The Balaban J connectivity index is 1.32. The maximum absolute atomic E-state index is 12.2. The molecule has 1 amide bonds. The van der Waals surface area contributed by atoms with Gasteiger partial charge in [-0.05, 0) is 36.4 Å². The van der Waals surface area contributed by atoms with Gasteiger partial charge in [-0.3, -0.25) is 9.36 Å². The van der Waals surface area contributed by atoms with Gasteiger partial charge in [0.25, 0.3) is 5.91 Å². The summed E-state index contributed by atoms with van der Waals surface area (Å²) in [7, 11) is 1.58. The van der Waals surface area contributed by atoms with E-state index in [1.165, 1.54) is 6.33 Å². The highest BCUT2D eigenvalue weighted by Gasteiger charge is 2.06. The van der Waals surface area contributed by atoms with E-state index in [9.17, 15) is 4.79 Å². The molecule has 0 saturated carbocycles. The van der Waals surface area contributed by atoms with Crippen molar-refractivity contribution in [2.75, 3.05) is 24.4 Å². The Morgan fingerprint density at radius 1 is 1.03 bits per heavy atom. The highest BCUT2D eigenvalue weighted by atomic mass is 16.5. The lowest BCUT2D eigenvalue weighted by Gasteiger charge is -2.10. The number of hydrogen-bond acceptors (Lipinski definition) is 7. The Morgan fingerprint density at radius 3 is 2.61 bits per heavy atom. The number of methoxy groups -OCH3 is 1. The van der Waals surface area contributed by atoms with Gasteiger partial charge >= 0.3 is 0 Å². The number of hydrogen-bond donors (Lipinski definition) is 2. The molecule has 2 N–H and O–H groups in total. The molecule has 0 fully saturated rings. The molecule has 0 radical (unpaired) electrons. The molecule has 0 aliphatic rings. The summed E-state index contributed by atoms with van der Waals surface area (Å²) in [4.78, 5) is 24.6. The zero-order valence-electron chi connectivity index (χ0n) is 16.7. The number of benzene rings is 2. The fraction of sp³-hybridized carbons (Fsp3) is 0.0909. The molecule has 9 nitrogen and oxygen atoms in total. The first kappa shape index (κ1) is 19.9. The minimum absolute atomic E-state index is 0.106. The lowest BCUT2D eigenvalue weighted by Crippen LogP contribution is -2.20. The Labute approximate surface area is 178 Å². The fourth-order valence-corrected chi connectivity index (χ4v) is 2.77. The van der Waals surface area contributed by atoms with E-state index >= 15 is 0 Å². The van der Waals surface area contributed by atoms with Crippen molar-refractivity contribution in [3.05, 3.63) is 79.6 Å². The molecular formula is C22H20N6O3. The number of imidazole rings is 1. The van der Waals surface area contributed by atoms with Crippen LogP contribution in [0.5, 0.6) is 11.5 Å². The smallest absolute Gasteiger partial charge is 0.262 e. The van der Waals surface area contributed by atoms with Gasteiger partial charge in [-0.1, -0.05) is 6.07 Å². The van der Waals surface area contributed by atoms with Crippen LogP contribution in [0.25, 0.3) is 5.82 Å². The van der Waals surface area contributed by atoms with E-state index in [-0.39, 0.29) is 12.5 Å². The van der Waals surface area contributed by atoms with Crippen molar-refractivity contribution in [1.29, 1.82) is 0 Å². The molecule has 0 bridgehead atoms. The lowest BCUT2D eigenvalue weighted by molar-refractivity contribution is -0.118. The molecule has 2 heterocycles. The normalized spacial score (nSPS) is 10.4. The molecule has 0 atom stereocenters. The zero-order valence-corrected chi connectivity index (χ0v) is 16.7. The third-order valence-corrected chi connectivity index (χ3v) is 4.27. The van der Waals surface area contributed by atoms with Crippen molar-refractivity contribution in [3.8, 4) is 17.3 Å².